The van der Waals surface area contributed by atoms with E-state index in [2.05, 4.69) is 10.4 Å². The summed E-state index contributed by atoms with van der Waals surface area (Å²) in [5.74, 6) is 5.23. The second-order valence-corrected chi connectivity index (χ2v) is 4.50. The minimum absolute atomic E-state index is 0.209. The van der Waals surface area contributed by atoms with Crippen molar-refractivity contribution in [2.45, 2.75) is 6.18 Å². The number of nitrogens with one attached hydrogen (secondary N) is 1. The highest BCUT2D eigenvalue weighted by Crippen LogP contribution is 2.33. The number of fused-ring (bicyclic) bond motifs is 1. The maximum Gasteiger partial charge on any atom is 0.433 e. The molecule has 1 aromatic carbocycles. The van der Waals surface area contributed by atoms with Crippen LogP contribution in [0.3, 0.4) is 0 Å². The first-order valence-corrected chi connectivity index (χ1v) is 5.64. The number of halogens is 4. The van der Waals surface area contributed by atoms with Crippen molar-refractivity contribution in [1.82, 2.24) is 4.98 Å². The standard InChI is InChI=1S/C10H7F3IN3/c11-10(12,13)8-4-7(17-15)5-2-1-3-6(14)9(5)16-8/h1-4H,15H2,(H,16,17). The van der Waals surface area contributed by atoms with Crippen LogP contribution in [-0.2, 0) is 6.18 Å². The number of nitrogen functional groups attached to an aromatic ring is 1. The number of pyridine rings is 1. The molecule has 0 aliphatic carbocycles. The number of hydrazine groups is 1. The van der Waals surface area contributed by atoms with Crippen LogP contribution >= 0.6 is 22.6 Å². The Bertz CT molecular complexity index is 568. The fourth-order valence-electron chi connectivity index (χ4n) is 1.48. The van der Waals surface area contributed by atoms with Crippen molar-refractivity contribution >= 4 is 39.2 Å². The number of benzene rings is 1. The predicted octanol–water partition coefficient (Wildman–Crippen LogP) is 3.14. The second kappa shape index (κ2) is 4.30. The molecule has 90 valence electrons. The van der Waals surface area contributed by atoms with Crippen LogP contribution in [0.4, 0.5) is 18.9 Å². The van der Waals surface area contributed by atoms with Crippen LogP contribution < -0.4 is 11.3 Å². The minimum Gasteiger partial charge on any atom is -0.323 e. The summed E-state index contributed by atoms with van der Waals surface area (Å²) in [7, 11) is 0. The third kappa shape index (κ3) is 2.29. The topological polar surface area (TPSA) is 50.9 Å². The summed E-state index contributed by atoms with van der Waals surface area (Å²) < 4.78 is 38.5. The summed E-state index contributed by atoms with van der Waals surface area (Å²) in [5.41, 5.74) is 1.81. The van der Waals surface area contributed by atoms with E-state index in [9.17, 15) is 13.2 Å². The van der Waals surface area contributed by atoms with Gasteiger partial charge in [0.15, 0.2) is 0 Å². The lowest BCUT2D eigenvalue weighted by atomic mass is 10.1. The van der Waals surface area contributed by atoms with E-state index < -0.39 is 11.9 Å². The molecule has 0 atom stereocenters. The van der Waals surface area contributed by atoms with Gasteiger partial charge in [-0.05, 0) is 34.7 Å². The van der Waals surface area contributed by atoms with Crippen molar-refractivity contribution in [3.8, 4) is 0 Å². The Balaban J connectivity index is 2.81. The van der Waals surface area contributed by atoms with Gasteiger partial charge in [0.1, 0.15) is 5.69 Å². The molecule has 0 aliphatic rings. The first kappa shape index (κ1) is 12.4. The Morgan fingerprint density at radius 1 is 1.29 bits per heavy atom. The molecule has 0 amide bonds. The number of rotatable bonds is 1. The van der Waals surface area contributed by atoms with Gasteiger partial charge in [0.2, 0.25) is 0 Å². The molecule has 0 saturated heterocycles. The van der Waals surface area contributed by atoms with Gasteiger partial charge in [-0.15, -0.1) is 0 Å². The molecule has 0 unspecified atom stereocenters. The SMILES string of the molecule is NNc1cc(C(F)(F)F)nc2c(I)cccc12. The van der Waals surface area contributed by atoms with E-state index in [-0.39, 0.29) is 11.2 Å². The maximum absolute atomic E-state index is 12.6. The highest BCUT2D eigenvalue weighted by atomic mass is 127. The second-order valence-electron chi connectivity index (χ2n) is 3.33. The maximum atomic E-state index is 12.6. The first-order chi connectivity index (χ1) is 7.93. The first-order valence-electron chi connectivity index (χ1n) is 4.56. The van der Waals surface area contributed by atoms with E-state index in [4.69, 9.17) is 5.84 Å². The molecule has 0 saturated carbocycles. The molecule has 0 radical (unpaired) electrons. The van der Waals surface area contributed by atoms with Crippen LogP contribution in [-0.4, -0.2) is 4.98 Å². The average molecular weight is 353 g/mol. The van der Waals surface area contributed by atoms with E-state index in [1.807, 2.05) is 22.6 Å². The fraction of sp³-hybridized carbons (Fsp3) is 0.100. The van der Waals surface area contributed by atoms with Crippen molar-refractivity contribution in [3.05, 3.63) is 33.5 Å². The zero-order valence-electron chi connectivity index (χ0n) is 8.35. The molecule has 0 spiro atoms. The number of alkyl halides is 3. The summed E-state index contributed by atoms with van der Waals surface area (Å²) in [5, 5.41) is 0.562. The van der Waals surface area contributed by atoms with Gasteiger partial charge in [-0.25, -0.2) is 4.98 Å². The summed E-state index contributed by atoms with van der Waals surface area (Å²) >= 11 is 1.94. The van der Waals surface area contributed by atoms with Crippen LogP contribution in [0.1, 0.15) is 5.69 Å². The molecule has 0 aliphatic heterocycles. The zero-order chi connectivity index (χ0) is 12.6. The molecule has 3 nitrogen and oxygen atoms in total. The average Bonchev–Trinajstić information content (AvgIpc) is 2.27. The van der Waals surface area contributed by atoms with E-state index in [1.165, 1.54) is 0 Å². The van der Waals surface area contributed by atoms with E-state index in [0.29, 0.717) is 8.96 Å². The van der Waals surface area contributed by atoms with Gasteiger partial charge in [0.05, 0.1) is 11.2 Å². The van der Waals surface area contributed by atoms with Crippen LogP contribution in [0, 0.1) is 3.57 Å². The lowest BCUT2D eigenvalue weighted by Gasteiger charge is -2.11. The molecule has 0 bridgehead atoms. The van der Waals surface area contributed by atoms with E-state index >= 15 is 0 Å². The van der Waals surface area contributed by atoms with Gasteiger partial charge < -0.3 is 5.43 Å². The molecule has 1 heterocycles. The Kier molecular flexibility index (Phi) is 3.13. The molecular formula is C10H7F3IN3. The van der Waals surface area contributed by atoms with Crippen molar-refractivity contribution in [3.63, 3.8) is 0 Å². The minimum atomic E-state index is -4.49. The summed E-state index contributed by atoms with van der Waals surface area (Å²) in [6, 6.07) is 5.99. The monoisotopic (exact) mass is 353 g/mol. The van der Waals surface area contributed by atoms with Crippen molar-refractivity contribution in [2.24, 2.45) is 5.84 Å². The van der Waals surface area contributed by atoms with Gasteiger partial charge in [0.25, 0.3) is 0 Å². The quantitative estimate of drug-likeness (QED) is 0.471. The molecule has 2 rings (SSSR count). The molecule has 2 aromatic rings. The Morgan fingerprint density at radius 2 is 2.00 bits per heavy atom. The van der Waals surface area contributed by atoms with E-state index in [0.717, 1.165) is 6.07 Å². The molecule has 17 heavy (non-hydrogen) atoms. The summed E-state index contributed by atoms with van der Waals surface area (Å²) in [6.07, 6.45) is -4.49. The lowest BCUT2D eigenvalue weighted by molar-refractivity contribution is -0.140. The van der Waals surface area contributed by atoms with Crippen LogP contribution in [0.5, 0.6) is 0 Å². The Hall–Kier alpha value is -1.09. The fourth-order valence-corrected chi connectivity index (χ4v) is 2.10. The van der Waals surface area contributed by atoms with E-state index in [1.54, 1.807) is 18.2 Å². The molecule has 1 aromatic heterocycles. The van der Waals surface area contributed by atoms with Gasteiger partial charge in [-0.1, -0.05) is 12.1 Å². The van der Waals surface area contributed by atoms with Crippen molar-refractivity contribution < 1.29 is 13.2 Å². The van der Waals surface area contributed by atoms with Gasteiger partial charge >= 0.3 is 6.18 Å². The van der Waals surface area contributed by atoms with Crippen LogP contribution in [0.15, 0.2) is 24.3 Å². The highest BCUT2D eigenvalue weighted by Gasteiger charge is 2.33. The normalized spacial score (nSPS) is 11.8. The largest absolute Gasteiger partial charge is 0.433 e. The van der Waals surface area contributed by atoms with Gasteiger partial charge in [-0.2, -0.15) is 13.2 Å². The third-order valence-corrected chi connectivity index (χ3v) is 3.11. The highest BCUT2D eigenvalue weighted by molar-refractivity contribution is 14.1. The third-order valence-electron chi connectivity index (χ3n) is 2.24. The molecule has 0 fully saturated rings. The lowest BCUT2D eigenvalue weighted by Crippen LogP contribution is -2.13. The Labute approximate surface area is 108 Å². The van der Waals surface area contributed by atoms with Crippen LogP contribution in [0.2, 0.25) is 0 Å². The summed E-state index contributed by atoms with van der Waals surface area (Å²) in [6.45, 7) is 0. The Morgan fingerprint density at radius 3 is 2.59 bits per heavy atom. The molecular weight excluding hydrogens is 346 g/mol. The predicted molar refractivity (Wildman–Crippen MR) is 67.3 cm³/mol. The van der Waals surface area contributed by atoms with Gasteiger partial charge in [0, 0.05) is 8.96 Å². The molecule has 7 heteroatoms. The number of para-hydroxylation sites is 1. The number of aromatic nitrogens is 1. The molecule has 3 N–H and O–H groups in total. The van der Waals surface area contributed by atoms with Crippen molar-refractivity contribution in [1.29, 1.82) is 0 Å². The number of nitrogens with zero attached hydrogens (tertiary/aromatic N) is 1. The number of anilines is 1. The van der Waals surface area contributed by atoms with Crippen molar-refractivity contribution in [2.75, 3.05) is 5.43 Å². The smallest absolute Gasteiger partial charge is 0.323 e. The van der Waals surface area contributed by atoms with Crippen LogP contribution in [0.25, 0.3) is 10.9 Å². The number of nitrogens with two attached hydrogens (primary N) is 1. The zero-order valence-corrected chi connectivity index (χ0v) is 10.5. The number of hydrogen-bond acceptors (Lipinski definition) is 3. The number of hydrogen-bond donors (Lipinski definition) is 2. The summed E-state index contributed by atoms with van der Waals surface area (Å²) in [4.78, 5) is 3.63. The van der Waals surface area contributed by atoms with Gasteiger partial charge in [-0.3, -0.25) is 5.84 Å².